The number of rotatable bonds is 5. The van der Waals surface area contributed by atoms with E-state index in [1.807, 2.05) is 0 Å². The Balaban J connectivity index is 2.31. The fourth-order valence-electron chi connectivity index (χ4n) is 2.83. The second kappa shape index (κ2) is 5.96. The molecule has 0 aromatic heterocycles. The first-order valence-electron chi connectivity index (χ1n) is 6.64. The Morgan fingerprint density at radius 1 is 1.48 bits per heavy atom. The van der Waals surface area contributed by atoms with Crippen LogP contribution in [0.4, 0.5) is 13.2 Å². The van der Waals surface area contributed by atoms with Gasteiger partial charge in [-0.15, -0.1) is 0 Å². The molecule has 0 aliphatic heterocycles. The summed E-state index contributed by atoms with van der Waals surface area (Å²) in [6.45, 7) is 0.528. The third-order valence-corrected chi connectivity index (χ3v) is 5.18. The topological polar surface area (TPSA) is 52.3 Å². The van der Waals surface area contributed by atoms with Crippen molar-refractivity contribution < 1.29 is 22.1 Å². The second-order valence-electron chi connectivity index (χ2n) is 5.82. The average molecular weight is 321 g/mol. The molecule has 2 rings (SSSR count). The van der Waals surface area contributed by atoms with E-state index in [9.17, 15) is 17.4 Å². The van der Waals surface area contributed by atoms with Gasteiger partial charge in [0.15, 0.2) is 11.6 Å². The smallest absolute Gasteiger partial charge is 0.387 e. The number of hydrogen-bond donors (Lipinski definition) is 1. The molecule has 1 aromatic rings. The summed E-state index contributed by atoms with van der Waals surface area (Å²) in [6, 6.07) is 2.73. The molecule has 0 heterocycles. The highest BCUT2D eigenvalue weighted by Crippen LogP contribution is 2.44. The maximum atomic E-state index is 13.7. The van der Waals surface area contributed by atoms with Crippen LogP contribution in [0.5, 0.6) is 5.75 Å². The lowest BCUT2D eigenvalue weighted by molar-refractivity contribution is -0.0527. The van der Waals surface area contributed by atoms with Crippen LogP contribution >= 0.6 is 0 Å². The Bertz CT molecular complexity index is 563. The molecule has 0 bridgehead atoms. The highest BCUT2D eigenvalue weighted by atomic mass is 32.2. The molecule has 7 heteroatoms. The number of nitrogens with two attached hydrogens (primary N) is 1. The molecule has 1 aromatic carbocycles. The van der Waals surface area contributed by atoms with Crippen molar-refractivity contribution in [2.75, 3.05) is 0 Å². The molecule has 1 unspecified atom stereocenters. The molecule has 0 saturated carbocycles. The Labute approximate surface area is 124 Å². The van der Waals surface area contributed by atoms with Crippen LogP contribution in [0, 0.1) is 5.82 Å². The molecule has 3 nitrogen and oxygen atoms in total. The van der Waals surface area contributed by atoms with E-state index in [1.54, 1.807) is 19.9 Å². The molecule has 0 radical (unpaired) electrons. The van der Waals surface area contributed by atoms with Crippen LogP contribution in [0.3, 0.4) is 0 Å². The molecule has 0 amide bonds. The van der Waals surface area contributed by atoms with Crippen molar-refractivity contribution in [2.45, 2.75) is 50.4 Å². The largest absolute Gasteiger partial charge is 0.431 e. The van der Waals surface area contributed by atoms with Gasteiger partial charge in [0.25, 0.3) is 0 Å². The van der Waals surface area contributed by atoms with Crippen molar-refractivity contribution in [1.82, 2.24) is 0 Å². The first-order chi connectivity index (χ1) is 9.72. The first kappa shape index (κ1) is 16.3. The van der Waals surface area contributed by atoms with Gasteiger partial charge < -0.3 is 4.74 Å². The fourth-order valence-corrected chi connectivity index (χ4v) is 3.20. The van der Waals surface area contributed by atoms with Crippen molar-refractivity contribution in [2.24, 2.45) is 5.14 Å². The summed E-state index contributed by atoms with van der Waals surface area (Å²) >= 11 is 0. The van der Waals surface area contributed by atoms with E-state index in [0.717, 1.165) is 11.6 Å². The summed E-state index contributed by atoms with van der Waals surface area (Å²) in [5, 5.41) is 5.48. The lowest BCUT2D eigenvalue weighted by atomic mass is 9.91. The lowest BCUT2D eigenvalue weighted by Crippen LogP contribution is -2.33. The molecule has 1 aliphatic carbocycles. The van der Waals surface area contributed by atoms with E-state index in [2.05, 4.69) is 4.74 Å². The van der Waals surface area contributed by atoms with E-state index in [1.165, 1.54) is 0 Å². The molecule has 2 atom stereocenters. The van der Waals surface area contributed by atoms with Crippen LogP contribution in [0.1, 0.15) is 43.7 Å². The summed E-state index contributed by atoms with van der Waals surface area (Å²) in [4.78, 5) is 0. The Hall–Kier alpha value is -1.08. The van der Waals surface area contributed by atoms with Crippen molar-refractivity contribution in [3.05, 3.63) is 29.1 Å². The van der Waals surface area contributed by atoms with Gasteiger partial charge in [-0.3, -0.25) is 5.14 Å². The maximum Gasteiger partial charge on any atom is 0.387 e. The Morgan fingerprint density at radius 2 is 2.14 bits per heavy atom. The Kier molecular flexibility index (Phi) is 4.63. The quantitative estimate of drug-likeness (QED) is 0.905. The minimum Gasteiger partial charge on any atom is -0.431 e. The normalized spacial score (nSPS) is 19.7. The first-order valence-corrected chi connectivity index (χ1v) is 7.86. The summed E-state index contributed by atoms with van der Waals surface area (Å²) < 4.78 is 53.7. The molecule has 0 saturated heterocycles. The highest BCUT2D eigenvalue weighted by Gasteiger charge is 2.34. The van der Waals surface area contributed by atoms with E-state index in [0.29, 0.717) is 24.8 Å². The third kappa shape index (κ3) is 3.40. The lowest BCUT2D eigenvalue weighted by Gasteiger charge is -2.25. The second-order valence-corrected chi connectivity index (χ2v) is 7.52. The SMILES string of the molecule is CC(C)(C[C@H]1CCc2c1ccc(F)c2OC(F)F)S(N)=O. The fraction of sp³-hybridized carbons (Fsp3) is 0.571. The van der Waals surface area contributed by atoms with E-state index in [-0.39, 0.29) is 11.7 Å². The zero-order valence-electron chi connectivity index (χ0n) is 11.9. The van der Waals surface area contributed by atoms with Gasteiger partial charge in [-0.05, 0) is 50.7 Å². The summed E-state index contributed by atoms with van der Waals surface area (Å²) in [7, 11) is -1.49. The number of halogens is 3. The molecule has 0 fully saturated rings. The van der Waals surface area contributed by atoms with Gasteiger partial charge in [-0.25, -0.2) is 8.60 Å². The van der Waals surface area contributed by atoms with Crippen LogP contribution in [0.2, 0.25) is 0 Å². The third-order valence-electron chi connectivity index (χ3n) is 3.92. The Morgan fingerprint density at radius 3 is 2.71 bits per heavy atom. The molecular weight excluding hydrogens is 303 g/mol. The van der Waals surface area contributed by atoms with Crippen LogP contribution < -0.4 is 9.88 Å². The van der Waals surface area contributed by atoms with Crippen LogP contribution in [-0.4, -0.2) is 15.6 Å². The molecule has 0 spiro atoms. The van der Waals surface area contributed by atoms with E-state index in [4.69, 9.17) is 5.14 Å². The highest BCUT2D eigenvalue weighted by molar-refractivity contribution is 7.84. The molecule has 118 valence electrons. The molecule has 1 aliphatic rings. The van der Waals surface area contributed by atoms with Crippen molar-refractivity contribution in [3.63, 3.8) is 0 Å². The van der Waals surface area contributed by atoms with Gasteiger partial charge >= 0.3 is 6.61 Å². The standard InChI is InChI=1S/C14H18F3NO2S/c1-14(2,21(18)19)7-8-3-4-10-9(8)5-6-11(15)12(10)20-13(16)17/h5-6,8,13H,3-4,7,18H2,1-2H3/t8-,21?/m1/s1. The number of alkyl halides is 2. The zero-order chi connectivity index (χ0) is 15.8. The van der Waals surface area contributed by atoms with Gasteiger partial charge in [-0.1, -0.05) is 6.07 Å². The van der Waals surface area contributed by atoms with Crippen LogP contribution in [-0.2, 0) is 17.4 Å². The van der Waals surface area contributed by atoms with Crippen molar-refractivity contribution in [3.8, 4) is 5.75 Å². The number of ether oxygens (including phenoxy) is 1. The predicted octanol–water partition coefficient (Wildman–Crippen LogP) is 3.25. The van der Waals surface area contributed by atoms with Gasteiger partial charge in [-0.2, -0.15) is 8.78 Å². The van der Waals surface area contributed by atoms with Crippen LogP contribution in [0.15, 0.2) is 12.1 Å². The van der Waals surface area contributed by atoms with Gasteiger partial charge in [0.05, 0.1) is 15.7 Å². The molecular formula is C14H18F3NO2S. The van der Waals surface area contributed by atoms with Crippen molar-refractivity contribution >= 4 is 11.0 Å². The van der Waals surface area contributed by atoms with Crippen molar-refractivity contribution in [1.29, 1.82) is 0 Å². The predicted molar refractivity (Wildman–Crippen MR) is 75.1 cm³/mol. The monoisotopic (exact) mass is 321 g/mol. The number of fused-ring (bicyclic) bond motifs is 1. The van der Waals surface area contributed by atoms with Gasteiger partial charge in [0.2, 0.25) is 0 Å². The minimum atomic E-state index is -3.06. The van der Waals surface area contributed by atoms with Gasteiger partial charge in [0, 0.05) is 5.56 Å². The summed E-state index contributed by atoms with van der Waals surface area (Å²) in [5.74, 6) is -1.13. The van der Waals surface area contributed by atoms with Crippen LogP contribution in [0.25, 0.3) is 0 Å². The average Bonchev–Trinajstić information content (AvgIpc) is 2.75. The van der Waals surface area contributed by atoms with E-state index < -0.39 is 28.2 Å². The molecule has 2 N–H and O–H groups in total. The number of benzene rings is 1. The summed E-state index contributed by atoms with van der Waals surface area (Å²) in [5.41, 5.74) is 1.27. The van der Waals surface area contributed by atoms with E-state index >= 15 is 0 Å². The maximum absolute atomic E-state index is 13.7. The number of hydrogen-bond acceptors (Lipinski definition) is 2. The minimum absolute atomic E-state index is 0.0168. The summed E-state index contributed by atoms with van der Waals surface area (Å²) in [6.07, 6.45) is 1.69. The zero-order valence-corrected chi connectivity index (χ0v) is 12.7. The van der Waals surface area contributed by atoms with Gasteiger partial charge in [0.1, 0.15) is 0 Å². The molecule has 21 heavy (non-hydrogen) atoms.